The van der Waals surface area contributed by atoms with Gasteiger partial charge in [0.2, 0.25) is 0 Å². The molecule has 2 heterocycles. The molecular formula is C21H18N2O3S. The van der Waals surface area contributed by atoms with Gasteiger partial charge in [-0.2, -0.15) is 0 Å². The first kappa shape index (κ1) is 17.5. The minimum absolute atomic E-state index is 0.190. The van der Waals surface area contributed by atoms with Crippen LogP contribution in [0.2, 0.25) is 0 Å². The molecule has 6 heteroatoms. The summed E-state index contributed by atoms with van der Waals surface area (Å²) >= 11 is 1.23. The van der Waals surface area contributed by atoms with E-state index in [1.165, 1.54) is 22.5 Å². The van der Waals surface area contributed by atoms with Gasteiger partial charge < -0.3 is 4.74 Å². The van der Waals surface area contributed by atoms with Gasteiger partial charge in [0.1, 0.15) is 9.88 Å². The van der Waals surface area contributed by atoms with Crippen molar-refractivity contribution in [2.45, 2.75) is 26.2 Å². The number of nitrogens with zero attached hydrogens (tertiary/aromatic N) is 2. The molecule has 1 aliphatic rings. The maximum Gasteiger partial charge on any atom is 0.350 e. The van der Waals surface area contributed by atoms with E-state index in [-0.39, 0.29) is 12.4 Å². The number of fused-ring (bicyclic) bond motifs is 1. The highest BCUT2D eigenvalue weighted by molar-refractivity contribution is 7.17. The number of esters is 1. The average Bonchev–Trinajstić information content (AvgIpc) is 3.32. The summed E-state index contributed by atoms with van der Waals surface area (Å²) in [5.41, 5.74) is 4.42. The van der Waals surface area contributed by atoms with Gasteiger partial charge in [0.25, 0.3) is 0 Å². The van der Waals surface area contributed by atoms with Crippen molar-refractivity contribution in [3.63, 3.8) is 0 Å². The summed E-state index contributed by atoms with van der Waals surface area (Å²) in [7, 11) is 0. The molecule has 0 atom stereocenters. The zero-order chi connectivity index (χ0) is 18.8. The van der Waals surface area contributed by atoms with E-state index < -0.39 is 5.97 Å². The number of rotatable bonds is 5. The Bertz CT molecular complexity index is 1010. The summed E-state index contributed by atoms with van der Waals surface area (Å²) in [5.74, 6) is -0.716. The van der Waals surface area contributed by atoms with Crippen LogP contribution < -0.4 is 0 Å². The van der Waals surface area contributed by atoms with E-state index in [0.29, 0.717) is 26.8 Å². The Kier molecular flexibility index (Phi) is 4.81. The Morgan fingerprint density at radius 1 is 1.15 bits per heavy atom. The number of carbonyl (C=O) groups is 2. The number of ketones is 1. The fourth-order valence-electron chi connectivity index (χ4n) is 3.21. The molecule has 27 heavy (non-hydrogen) atoms. The minimum Gasteiger partial charge on any atom is -0.453 e. The Morgan fingerprint density at radius 3 is 2.81 bits per heavy atom. The minimum atomic E-state index is -0.526. The molecular weight excluding hydrogens is 360 g/mol. The van der Waals surface area contributed by atoms with E-state index in [1.54, 1.807) is 13.1 Å². The van der Waals surface area contributed by atoms with Crippen molar-refractivity contribution in [3.8, 4) is 10.7 Å². The molecule has 0 amide bonds. The zero-order valence-electron chi connectivity index (χ0n) is 14.9. The van der Waals surface area contributed by atoms with Crippen molar-refractivity contribution < 1.29 is 14.3 Å². The standard InChI is InChI=1S/C21H18N2O3S/c1-13-19(27-20(23-13)17-7-2-3-10-22-17)21(25)26-12-18(24)16-9-8-14-5-4-6-15(14)11-16/h2-3,7-11H,4-6,12H2,1H3. The summed E-state index contributed by atoms with van der Waals surface area (Å²) < 4.78 is 5.26. The first-order valence-corrected chi connectivity index (χ1v) is 9.64. The van der Waals surface area contributed by atoms with Crippen LogP contribution in [0.4, 0.5) is 0 Å². The van der Waals surface area contributed by atoms with E-state index in [1.807, 2.05) is 36.4 Å². The van der Waals surface area contributed by atoms with Crippen LogP contribution in [0.25, 0.3) is 10.7 Å². The van der Waals surface area contributed by atoms with Gasteiger partial charge in [-0.3, -0.25) is 9.78 Å². The van der Waals surface area contributed by atoms with Crippen LogP contribution in [0.5, 0.6) is 0 Å². The normalized spacial score (nSPS) is 12.6. The number of Topliss-reactive ketones (excluding diaryl/α,β-unsaturated/α-hetero) is 1. The molecule has 3 aromatic rings. The molecule has 136 valence electrons. The van der Waals surface area contributed by atoms with E-state index >= 15 is 0 Å². The van der Waals surface area contributed by atoms with Gasteiger partial charge in [-0.15, -0.1) is 11.3 Å². The second-order valence-electron chi connectivity index (χ2n) is 6.48. The zero-order valence-corrected chi connectivity index (χ0v) is 15.7. The van der Waals surface area contributed by atoms with Gasteiger partial charge in [0.05, 0.1) is 11.4 Å². The molecule has 1 aromatic carbocycles. The van der Waals surface area contributed by atoms with Gasteiger partial charge >= 0.3 is 5.97 Å². The lowest BCUT2D eigenvalue weighted by molar-refractivity contribution is 0.0478. The highest BCUT2D eigenvalue weighted by Crippen LogP contribution is 2.27. The molecule has 0 bridgehead atoms. The quantitative estimate of drug-likeness (QED) is 0.495. The van der Waals surface area contributed by atoms with E-state index in [9.17, 15) is 9.59 Å². The molecule has 1 aliphatic carbocycles. The third-order valence-corrected chi connectivity index (χ3v) is 5.78. The van der Waals surface area contributed by atoms with Crippen molar-refractivity contribution in [2.24, 2.45) is 0 Å². The van der Waals surface area contributed by atoms with E-state index in [4.69, 9.17) is 4.74 Å². The van der Waals surface area contributed by atoms with E-state index in [2.05, 4.69) is 9.97 Å². The van der Waals surface area contributed by atoms with Crippen molar-refractivity contribution >= 4 is 23.1 Å². The summed E-state index contributed by atoms with van der Waals surface area (Å²) in [4.78, 5) is 33.8. The number of benzene rings is 1. The van der Waals surface area contributed by atoms with Gasteiger partial charge in [0, 0.05) is 11.8 Å². The van der Waals surface area contributed by atoms with E-state index in [0.717, 1.165) is 19.3 Å². The number of thiazole rings is 1. The first-order valence-electron chi connectivity index (χ1n) is 8.83. The highest BCUT2D eigenvalue weighted by Gasteiger charge is 2.20. The Hall–Kier alpha value is -2.86. The Labute approximate surface area is 161 Å². The van der Waals surface area contributed by atoms with Crippen molar-refractivity contribution in [3.05, 3.63) is 69.9 Å². The lowest BCUT2D eigenvalue weighted by Gasteiger charge is -2.05. The summed E-state index contributed by atoms with van der Waals surface area (Å²) in [6.07, 6.45) is 4.89. The molecule has 0 aliphatic heterocycles. The molecule has 0 radical (unpaired) electrons. The monoisotopic (exact) mass is 378 g/mol. The number of pyridine rings is 1. The molecule has 0 fully saturated rings. The number of ether oxygens (including phenoxy) is 1. The lowest BCUT2D eigenvalue weighted by Crippen LogP contribution is -2.14. The van der Waals surface area contributed by atoms with Gasteiger partial charge in [-0.1, -0.05) is 18.2 Å². The van der Waals surface area contributed by atoms with Crippen LogP contribution >= 0.6 is 11.3 Å². The SMILES string of the molecule is Cc1nc(-c2ccccn2)sc1C(=O)OCC(=O)c1ccc2c(c1)CCC2. The molecule has 0 saturated carbocycles. The first-order chi connectivity index (χ1) is 13.1. The molecule has 0 unspecified atom stereocenters. The number of aryl methyl sites for hydroxylation is 3. The molecule has 0 N–H and O–H groups in total. The van der Waals surface area contributed by atoms with Crippen LogP contribution in [0.1, 0.15) is 43.3 Å². The molecule has 5 nitrogen and oxygen atoms in total. The summed E-state index contributed by atoms with van der Waals surface area (Å²) in [6, 6.07) is 11.3. The van der Waals surface area contributed by atoms with Gasteiger partial charge in [-0.25, -0.2) is 9.78 Å². The van der Waals surface area contributed by atoms with Crippen molar-refractivity contribution in [2.75, 3.05) is 6.61 Å². The fourth-order valence-corrected chi connectivity index (χ4v) is 4.15. The molecule has 4 rings (SSSR count). The Morgan fingerprint density at radius 2 is 2.00 bits per heavy atom. The molecule has 2 aromatic heterocycles. The Balaban J connectivity index is 1.44. The van der Waals surface area contributed by atoms with Crippen molar-refractivity contribution in [1.29, 1.82) is 0 Å². The van der Waals surface area contributed by atoms with Gasteiger partial charge in [-0.05, 0) is 55.5 Å². The fraction of sp³-hybridized carbons (Fsp3) is 0.238. The predicted molar refractivity (Wildman–Crippen MR) is 103 cm³/mol. The second-order valence-corrected chi connectivity index (χ2v) is 7.48. The average molecular weight is 378 g/mol. The van der Waals surface area contributed by atoms with Crippen LogP contribution in [0.15, 0.2) is 42.6 Å². The summed E-state index contributed by atoms with van der Waals surface area (Å²) in [5, 5.41) is 0.657. The highest BCUT2D eigenvalue weighted by atomic mass is 32.1. The number of hydrogen-bond acceptors (Lipinski definition) is 6. The second kappa shape index (κ2) is 7.40. The summed E-state index contributed by atoms with van der Waals surface area (Å²) in [6.45, 7) is 1.48. The lowest BCUT2D eigenvalue weighted by atomic mass is 10.0. The van der Waals surface area contributed by atoms with Crippen LogP contribution in [0.3, 0.4) is 0 Å². The number of carbonyl (C=O) groups excluding carboxylic acids is 2. The van der Waals surface area contributed by atoms with Crippen LogP contribution in [-0.2, 0) is 17.6 Å². The third-order valence-electron chi connectivity index (χ3n) is 4.62. The van der Waals surface area contributed by atoms with Crippen LogP contribution in [0, 0.1) is 6.92 Å². The largest absolute Gasteiger partial charge is 0.453 e. The molecule has 0 spiro atoms. The maximum atomic E-state index is 12.4. The number of hydrogen-bond donors (Lipinski definition) is 0. The number of aromatic nitrogens is 2. The smallest absolute Gasteiger partial charge is 0.350 e. The van der Waals surface area contributed by atoms with Crippen molar-refractivity contribution in [1.82, 2.24) is 9.97 Å². The van der Waals surface area contributed by atoms with Crippen LogP contribution in [-0.4, -0.2) is 28.3 Å². The maximum absolute atomic E-state index is 12.4. The third kappa shape index (κ3) is 3.66. The van der Waals surface area contributed by atoms with Gasteiger partial charge in [0.15, 0.2) is 12.4 Å². The topological polar surface area (TPSA) is 69.2 Å². The molecule has 0 saturated heterocycles. The predicted octanol–water partition coefficient (Wildman–Crippen LogP) is 4.04.